The summed E-state index contributed by atoms with van der Waals surface area (Å²) in [7, 11) is 1.51. The van der Waals surface area contributed by atoms with Gasteiger partial charge in [0, 0.05) is 18.6 Å². The summed E-state index contributed by atoms with van der Waals surface area (Å²) < 4.78 is 10.8. The van der Waals surface area contributed by atoms with Gasteiger partial charge in [0.15, 0.2) is 11.5 Å². The standard InChI is InChI=1S/C14H12ClN3O2/c1-3-13-17-12(15)7-14(18-13)20-10-5-4-9(8-16)6-11(10)19-2/h4-7H,3H2,1-2H3. The molecule has 0 atom stereocenters. The Kier molecular flexibility index (Phi) is 4.38. The Labute approximate surface area is 121 Å². The van der Waals surface area contributed by atoms with Crippen molar-refractivity contribution in [2.24, 2.45) is 0 Å². The Morgan fingerprint density at radius 3 is 2.70 bits per heavy atom. The Bertz CT molecular complexity index is 668. The molecule has 0 spiro atoms. The van der Waals surface area contributed by atoms with E-state index >= 15 is 0 Å². The number of ether oxygens (including phenoxy) is 2. The molecule has 5 nitrogen and oxygen atoms in total. The fourth-order valence-electron chi connectivity index (χ4n) is 1.59. The van der Waals surface area contributed by atoms with E-state index in [1.165, 1.54) is 13.2 Å². The van der Waals surface area contributed by atoms with E-state index in [9.17, 15) is 0 Å². The van der Waals surface area contributed by atoms with Gasteiger partial charge in [-0.25, -0.2) is 4.98 Å². The number of rotatable bonds is 4. The molecule has 0 aliphatic carbocycles. The van der Waals surface area contributed by atoms with E-state index in [2.05, 4.69) is 9.97 Å². The minimum absolute atomic E-state index is 0.319. The smallest absolute Gasteiger partial charge is 0.224 e. The molecule has 0 radical (unpaired) electrons. The van der Waals surface area contributed by atoms with Gasteiger partial charge >= 0.3 is 0 Å². The van der Waals surface area contributed by atoms with Gasteiger partial charge in [0.05, 0.1) is 18.7 Å². The molecular weight excluding hydrogens is 278 g/mol. The number of aromatic nitrogens is 2. The van der Waals surface area contributed by atoms with Gasteiger partial charge in [0.25, 0.3) is 0 Å². The largest absolute Gasteiger partial charge is 0.493 e. The summed E-state index contributed by atoms with van der Waals surface area (Å²) in [6.07, 6.45) is 0.654. The molecule has 6 heteroatoms. The molecular formula is C14H12ClN3O2. The summed E-state index contributed by atoms with van der Waals surface area (Å²) >= 11 is 5.91. The van der Waals surface area contributed by atoms with Crippen LogP contribution in [0.2, 0.25) is 5.15 Å². The molecule has 0 aliphatic heterocycles. The van der Waals surface area contributed by atoms with Crippen molar-refractivity contribution in [3.63, 3.8) is 0 Å². The van der Waals surface area contributed by atoms with Gasteiger partial charge in [-0.2, -0.15) is 10.2 Å². The Hall–Kier alpha value is -2.32. The normalized spacial score (nSPS) is 9.90. The lowest BCUT2D eigenvalue weighted by Gasteiger charge is -2.10. The average molecular weight is 290 g/mol. The predicted molar refractivity (Wildman–Crippen MR) is 74.2 cm³/mol. The van der Waals surface area contributed by atoms with Gasteiger partial charge in [-0.1, -0.05) is 18.5 Å². The molecule has 0 amide bonds. The highest BCUT2D eigenvalue weighted by molar-refractivity contribution is 6.29. The third kappa shape index (κ3) is 3.16. The highest BCUT2D eigenvalue weighted by Gasteiger charge is 2.09. The van der Waals surface area contributed by atoms with Crippen molar-refractivity contribution in [1.29, 1.82) is 5.26 Å². The second-order valence-electron chi connectivity index (χ2n) is 3.88. The monoisotopic (exact) mass is 289 g/mol. The number of hydrogen-bond donors (Lipinski definition) is 0. The van der Waals surface area contributed by atoms with Crippen molar-refractivity contribution in [3.05, 3.63) is 40.8 Å². The Morgan fingerprint density at radius 1 is 1.25 bits per heavy atom. The number of halogens is 1. The first kappa shape index (κ1) is 14.1. The molecule has 0 unspecified atom stereocenters. The van der Waals surface area contributed by atoms with Crippen LogP contribution in [0, 0.1) is 11.3 Å². The van der Waals surface area contributed by atoms with E-state index in [0.29, 0.717) is 40.3 Å². The van der Waals surface area contributed by atoms with Gasteiger partial charge in [-0.15, -0.1) is 0 Å². The van der Waals surface area contributed by atoms with E-state index in [4.69, 9.17) is 26.3 Å². The molecule has 102 valence electrons. The molecule has 1 heterocycles. The van der Waals surface area contributed by atoms with Crippen LogP contribution in [0.1, 0.15) is 18.3 Å². The maximum Gasteiger partial charge on any atom is 0.224 e. The molecule has 2 aromatic rings. The number of nitrogens with zero attached hydrogens (tertiary/aromatic N) is 3. The summed E-state index contributed by atoms with van der Waals surface area (Å²) in [4.78, 5) is 8.29. The fraction of sp³-hybridized carbons (Fsp3) is 0.214. The molecule has 0 saturated heterocycles. The number of methoxy groups -OCH3 is 1. The van der Waals surface area contributed by atoms with Crippen LogP contribution in [0.5, 0.6) is 17.4 Å². The van der Waals surface area contributed by atoms with E-state index < -0.39 is 0 Å². The molecule has 0 saturated carbocycles. The van der Waals surface area contributed by atoms with Crippen LogP contribution in [0.15, 0.2) is 24.3 Å². The van der Waals surface area contributed by atoms with E-state index in [1.807, 2.05) is 13.0 Å². The Morgan fingerprint density at radius 2 is 2.05 bits per heavy atom. The second-order valence-corrected chi connectivity index (χ2v) is 4.27. The molecule has 1 aromatic carbocycles. The lowest BCUT2D eigenvalue weighted by molar-refractivity contribution is 0.373. The molecule has 2 rings (SSSR count). The number of benzene rings is 1. The molecule has 20 heavy (non-hydrogen) atoms. The second kappa shape index (κ2) is 6.22. The topological polar surface area (TPSA) is 68.0 Å². The summed E-state index contributed by atoms with van der Waals surface area (Å²) in [5.74, 6) is 1.85. The van der Waals surface area contributed by atoms with Crippen molar-refractivity contribution in [2.75, 3.05) is 7.11 Å². The van der Waals surface area contributed by atoms with Crippen molar-refractivity contribution in [3.8, 4) is 23.4 Å². The molecule has 0 fully saturated rings. The quantitative estimate of drug-likeness (QED) is 0.807. The Balaban J connectivity index is 2.34. The zero-order valence-corrected chi connectivity index (χ0v) is 11.8. The van der Waals surface area contributed by atoms with Crippen LogP contribution >= 0.6 is 11.6 Å². The first-order valence-corrected chi connectivity index (χ1v) is 6.33. The van der Waals surface area contributed by atoms with Crippen LogP contribution in [-0.2, 0) is 6.42 Å². The molecule has 1 aromatic heterocycles. The zero-order chi connectivity index (χ0) is 14.5. The average Bonchev–Trinajstić information content (AvgIpc) is 2.47. The first-order chi connectivity index (χ1) is 9.66. The number of hydrogen-bond acceptors (Lipinski definition) is 5. The third-order valence-corrected chi connectivity index (χ3v) is 2.73. The zero-order valence-electron chi connectivity index (χ0n) is 11.1. The van der Waals surface area contributed by atoms with Crippen molar-refractivity contribution in [2.45, 2.75) is 13.3 Å². The van der Waals surface area contributed by atoms with Crippen molar-refractivity contribution in [1.82, 2.24) is 9.97 Å². The predicted octanol–water partition coefficient (Wildman–Crippen LogP) is 3.36. The van der Waals surface area contributed by atoms with Crippen molar-refractivity contribution < 1.29 is 9.47 Å². The fourth-order valence-corrected chi connectivity index (χ4v) is 1.78. The third-order valence-electron chi connectivity index (χ3n) is 2.54. The van der Waals surface area contributed by atoms with Crippen LogP contribution in [0.25, 0.3) is 0 Å². The maximum absolute atomic E-state index is 8.86. The molecule has 0 aliphatic rings. The van der Waals surface area contributed by atoms with Crippen LogP contribution in [0.3, 0.4) is 0 Å². The summed E-state index contributed by atoms with van der Waals surface area (Å²) in [6.45, 7) is 1.93. The number of nitriles is 1. The van der Waals surface area contributed by atoms with Crippen LogP contribution < -0.4 is 9.47 Å². The van der Waals surface area contributed by atoms with E-state index in [0.717, 1.165) is 0 Å². The van der Waals surface area contributed by atoms with Gasteiger partial charge in [0.1, 0.15) is 11.0 Å². The van der Waals surface area contributed by atoms with Gasteiger partial charge in [0.2, 0.25) is 5.88 Å². The van der Waals surface area contributed by atoms with Crippen LogP contribution in [-0.4, -0.2) is 17.1 Å². The maximum atomic E-state index is 8.86. The SMILES string of the molecule is CCc1nc(Cl)cc(Oc2ccc(C#N)cc2OC)n1. The summed E-state index contributed by atoms with van der Waals surface area (Å²) in [6, 6.07) is 8.45. The van der Waals surface area contributed by atoms with E-state index in [1.54, 1.807) is 18.2 Å². The van der Waals surface area contributed by atoms with Crippen molar-refractivity contribution >= 4 is 11.6 Å². The highest BCUT2D eigenvalue weighted by Crippen LogP contribution is 2.32. The number of aryl methyl sites for hydroxylation is 1. The van der Waals surface area contributed by atoms with Crippen LogP contribution in [0.4, 0.5) is 0 Å². The highest BCUT2D eigenvalue weighted by atomic mass is 35.5. The first-order valence-electron chi connectivity index (χ1n) is 5.95. The molecule has 0 bridgehead atoms. The minimum atomic E-state index is 0.319. The van der Waals surface area contributed by atoms with Gasteiger partial charge < -0.3 is 9.47 Å². The minimum Gasteiger partial charge on any atom is -0.493 e. The summed E-state index contributed by atoms with van der Waals surface area (Å²) in [5, 5.41) is 9.18. The van der Waals surface area contributed by atoms with E-state index in [-0.39, 0.29) is 0 Å². The lowest BCUT2D eigenvalue weighted by atomic mass is 10.2. The van der Waals surface area contributed by atoms with Gasteiger partial charge in [-0.05, 0) is 12.1 Å². The van der Waals surface area contributed by atoms with Gasteiger partial charge in [-0.3, -0.25) is 0 Å². The molecule has 0 N–H and O–H groups in total. The summed E-state index contributed by atoms with van der Waals surface area (Å²) in [5.41, 5.74) is 0.490. The lowest BCUT2D eigenvalue weighted by Crippen LogP contribution is -1.97.